The van der Waals surface area contributed by atoms with Gasteiger partial charge < -0.3 is 20.7 Å². The second-order valence-corrected chi connectivity index (χ2v) is 4.96. The molecular formula is C11H15N5O2S. The van der Waals surface area contributed by atoms with Gasteiger partial charge in [-0.05, 0) is 18.5 Å². The molecule has 19 heavy (non-hydrogen) atoms. The zero-order valence-electron chi connectivity index (χ0n) is 10.5. The van der Waals surface area contributed by atoms with Crippen molar-refractivity contribution in [2.75, 3.05) is 37.4 Å². The minimum atomic E-state index is -0.426. The van der Waals surface area contributed by atoms with Gasteiger partial charge in [0.15, 0.2) is 5.82 Å². The van der Waals surface area contributed by atoms with E-state index >= 15 is 0 Å². The molecule has 0 radical (unpaired) electrons. The van der Waals surface area contributed by atoms with Gasteiger partial charge in [0.05, 0.1) is 13.2 Å². The fourth-order valence-electron chi connectivity index (χ4n) is 1.82. The number of nitrogens with zero attached hydrogens (tertiary/aromatic N) is 3. The minimum absolute atomic E-state index is 0.0147. The predicted octanol–water partition coefficient (Wildman–Crippen LogP) is 0.256. The third-order valence-electron chi connectivity index (χ3n) is 2.87. The summed E-state index contributed by atoms with van der Waals surface area (Å²) in [5.74, 6) is 0.181. The smallest absolute Gasteiger partial charge is 0.244 e. The topological polar surface area (TPSA) is 104 Å². The summed E-state index contributed by atoms with van der Waals surface area (Å²) in [6.45, 7) is 4.08. The van der Waals surface area contributed by atoms with E-state index in [-0.39, 0.29) is 11.7 Å². The summed E-state index contributed by atoms with van der Waals surface area (Å²) in [5.41, 5.74) is 5.87. The number of rotatable bonds is 3. The average Bonchev–Trinajstić information content (AvgIpc) is 2.79. The molecule has 1 atom stereocenters. The number of aromatic nitrogens is 1. The number of ether oxygens (including phenoxy) is 1. The molecule has 3 N–H and O–H groups in total. The van der Waals surface area contributed by atoms with Gasteiger partial charge in [0.25, 0.3) is 0 Å². The summed E-state index contributed by atoms with van der Waals surface area (Å²) in [7, 11) is 0. The lowest BCUT2D eigenvalue weighted by Crippen LogP contribution is -2.46. The second kappa shape index (κ2) is 5.86. The van der Waals surface area contributed by atoms with Crippen LogP contribution >= 0.6 is 11.5 Å². The van der Waals surface area contributed by atoms with Gasteiger partial charge in [-0.2, -0.15) is 9.64 Å². The third kappa shape index (κ3) is 2.94. The van der Waals surface area contributed by atoms with Crippen LogP contribution < -0.4 is 11.1 Å². The number of nitrogen functional groups attached to an aromatic ring is 1. The van der Waals surface area contributed by atoms with Gasteiger partial charge in [-0.25, -0.2) is 0 Å². The zero-order valence-corrected chi connectivity index (χ0v) is 11.4. The van der Waals surface area contributed by atoms with Crippen LogP contribution in [0.4, 0.5) is 10.8 Å². The van der Waals surface area contributed by atoms with E-state index in [1.807, 2.05) is 6.07 Å². The van der Waals surface area contributed by atoms with E-state index in [2.05, 4.69) is 9.69 Å². The number of carbonyl (C=O) groups excluding carboxylic acids is 1. The van der Waals surface area contributed by atoms with E-state index < -0.39 is 6.04 Å². The second-order valence-electron chi connectivity index (χ2n) is 4.19. The first-order chi connectivity index (χ1) is 9.13. The first kappa shape index (κ1) is 13.6. The van der Waals surface area contributed by atoms with Gasteiger partial charge in [0.2, 0.25) is 5.91 Å². The van der Waals surface area contributed by atoms with E-state index in [9.17, 15) is 4.79 Å². The van der Waals surface area contributed by atoms with E-state index in [0.29, 0.717) is 36.9 Å². The monoisotopic (exact) mass is 281 g/mol. The first-order valence-electron chi connectivity index (χ1n) is 5.91. The van der Waals surface area contributed by atoms with Crippen LogP contribution in [0, 0.1) is 11.3 Å². The Kier molecular flexibility index (Phi) is 4.19. The summed E-state index contributed by atoms with van der Waals surface area (Å²) < 4.78 is 9.11. The van der Waals surface area contributed by atoms with E-state index in [4.69, 9.17) is 15.7 Å². The summed E-state index contributed by atoms with van der Waals surface area (Å²) >= 11 is 1.09. The lowest BCUT2D eigenvalue weighted by atomic mass is 10.2. The summed E-state index contributed by atoms with van der Waals surface area (Å²) in [5, 5.41) is 12.5. The van der Waals surface area contributed by atoms with Crippen LogP contribution in [-0.2, 0) is 9.53 Å². The molecule has 1 fully saturated rings. The maximum atomic E-state index is 12.2. The van der Waals surface area contributed by atoms with Crippen molar-refractivity contribution < 1.29 is 9.53 Å². The Morgan fingerprint density at radius 3 is 2.95 bits per heavy atom. The van der Waals surface area contributed by atoms with Gasteiger partial charge in [0, 0.05) is 13.1 Å². The van der Waals surface area contributed by atoms with Gasteiger partial charge in [-0.15, -0.1) is 0 Å². The number of nitrogens with two attached hydrogens (primary N) is 1. The SMILES string of the molecule is CC(Nc1snc(N)c1C#N)C(=O)N1CCOCC1. The highest BCUT2D eigenvalue weighted by Crippen LogP contribution is 2.26. The Morgan fingerprint density at radius 2 is 2.32 bits per heavy atom. The molecule has 2 rings (SSSR count). The molecule has 0 aromatic carbocycles. The summed E-state index contributed by atoms with van der Waals surface area (Å²) in [6.07, 6.45) is 0. The highest BCUT2D eigenvalue weighted by atomic mass is 32.1. The molecule has 1 aromatic heterocycles. The molecule has 0 aliphatic carbocycles. The average molecular weight is 281 g/mol. The van der Waals surface area contributed by atoms with Gasteiger partial charge in [0.1, 0.15) is 22.7 Å². The Labute approximate surface area is 115 Å². The Bertz CT molecular complexity index is 504. The van der Waals surface area contributed by atoms with Crippen molar-refractivity contribution >= 4 is 28.3 Å². The van der Waals surface area contributed by atoms with Crippen LogP contribution in [-0.4, -0.2) is 47.5 Å². The van der Waals surface area contributed by atoms with Crippen molar-refractivity contribution in [3.8, 4) is 6.07 Å². The Hall–Kier alpha value is -1.85. The number of hydrogen-bond acceptors (Lipinski definition) is 7. The molecule has 1 aromatic rings. The van der Waals surface area contributed by atoms with Crippen LogP contribution in [0.2, 0.25) is 0 Å². The number of nitriles is 1. The fourth-order valence-corrected chi connectivity index (χ4v) is 2.58. The van der Waals surface area contributed by atoms with E-state index in [1.54, 1.807) is 11.8 Å². The highest BCUT2D eigenvalue weighted by molar-refractivity contribution is 7.10. The minimum Gasteiger partial charge on any atom is -0.382 e. The Balaban J connectivity index is 2.02. The number of hydrogen-bond donors (Lipinski definition) is 2. The lowest BCUT2D eigenvalue weighted by molar-refractivity contribution is -0.135. The van der Waals surface area contributed by atoms with Crippen molar-refractivity contribution in [3.05, 3.63) is 5.56 Å². The van der Waals surface area contributed by atoms with E-state index in [0.717, 1.165) is 11.5 Å². The van der Waals surface area contributed by atoms with Crippen LogP contribution in [0.1, 0.15) is 12.5 Å². The number of carbonyl (C=O) groups is 1. The van der Waals surface area contributed by atoms with Gasteiger partial charge in [-0.3, -0.25) is 4.79 Å². The van der Waals surface area contributed by atoms with E-state index in [1.165, 1.54) is 0 Å². The Morgan fingerprint density at radius 1 is 1.63 bits per heavy atom. The molecule has 8 heteroatoms. The van der Waals surface area contributed by atoms with Crippen molar-refractivity contribution in [2.45, 2.75) is 13.0 Å². The number of morpholine rings is 1. The maximum Gasteiger partial charge on any atom is 0.244 e. The number of nitrogens with one attached hydrogen (secondary N) is 1. The molecule has 2 heterocycles. The zero-order chi connectivity index (χ0) is 13.8. The van der Waals surface area contributed by atoms with Crippen LogP contribution in [0.15, 0.2) is 0 Å². The molecule has 1 aliphatic heterocycles. The van der Waals surface area contributed by atoms with Crippen molar-refractivity contribution in [3.63, 3.8) is 0 Å². The largest absolute Gasteiger partial charge is 0.382 e. The van der Waals surface area contributed by atoms with Crippen LogP contribution in [0.25, 0.3) is 0 Å². The molecule has 1 saturated heterocycles. The first-order valence-corrected chi connectivity index (χ1v) is 6.69. The van der Waals surface area contributed by atoms with Crippen LogP contribution in [0.3, 0.4) is 0 Å². The quantitative estimate of drug-likeness (QED) is 0.823. The molecular weight excluding hydrogens is 266 g/mol. The molecule has 1 unspecified atom stereocenters. The summed E-state index contributed by atoms with van der Waals surface area (Å²) in [6, 6.07) is 1.56. The molecule has 0 bridgehead atoms. The van der Waals surface area contributed by atoms with Crippen LogP contribution in [0.5, 0.6) is 0 Å². The normalized spacial score (nSPS) is 16.7. The molecule has 7 nitrogen and oxygen atoms in total. The van der Waals surface area contributed by atoms with Gasteiger partial charge >= 0.3 is 0 Å². The molecule has 0 spiro atoms. The van der Waals surface area contributed by atoms with Crippen molar-refractivity contribution in [1.29, 1.82) is 5.26 Å². The molecule has 0 saturated carbocycles. The van der Waals surface area contributed by atoms with Crippen molar-refractivity contribution in [2.24, 2.45) is 0 Å². The highest BCUT2D eigenvalue weighted by Gasteiger charge is 2.24. The predicted molar refractivity (Wildman–Crippen MR) is 71.7 cm³/mol. The number of amides is 1. The van der Waals surface area contributed by atoms with Crippen molar-refractivity contribution in [1.82, 2.24) is 9.27 Å². The molecule has 1 aliphatic rings. The summed E-state index contributed by atoms with van der Waals surface area (Å²) in [4.78, 5) is 13.9. The van der Waals surface area contributed by atoms with Gasteiger partial charge in [-0.1, -0.05) is 0 Å². The maximum absolute atomic E-state index is 12.2. The molecule has 1 amide bonds. The number of anilines is 2. The lowest BCUT2D eigenvalue weighted by Gasteiger charge is -2.29. The third-order valence-corrected chi connectivity index (χ3v) is 3.66. The molecule has 102 valence electrons. The fraction of sp³-hybridized carbons (Fsp3) is 0.545. The standard InChI is InChI=1S/C11H15N5O2S/c1-7(11(17)16-2-4-18-5-3-16)14-10-8(6-12)9(13)15-19-10/h7,14H,2-5H2,1H3,(H2,13,15).